The van der Waals surface area contributed by atoms with Crippen LogP contribution < -0.4 is 20.1 Å². The molecule has 0 heterocycles. The summed E-state index contributed by atoms with van der Waals surface area (Å²) in [5.74, 6) is -0.680. The van der Waals surface area contributed by atoms with E-state index in [1.54, 1.807) is 43.3 Å². The first-order valence-corrected chi connectivity index (χ1v) is 7.43. The second-order valence-corrected chi connectivity index (χ2v) is 5.37. The van der Waals surface area contributed by atoms with Gasteiger partial charge in [0.1, 0.15) is 11.5 Å². The molecule has 0 spiro atoms. The maximum absolute atomic E-state index is 12.1. The smallest absolute Gasteiger partial charge is 0.314 e. The standard InChI is InChI=1S/C17H17ClN2O4/c1-10-8-11(18)4-6-13(10)19-16(21)17(22)20-14-9-12(23-2)5-7-15(14)24-3/h4-9H,1-3H3,(H,19,21)(H,20,22). The van der Waals surface area contributed by atoms with Gasteiger partial charge in [-0.25, -0.2) is 0 Å². The van der Waals surface area contributed by atoms with Crippen LogP contribution in [0.25, 0.3) is 0 Å². The zero-order chi connectivity index (χ0) is 17.7. The molecule has 0 aliphatic carbocycles. The largest absolute Gasteiger partial charge is 0.497 e. The number of amides is 2. The molecular weight excluding hydrogens is 332 g/mol. The summed E-state index contributed by atoms with van der Waals surface area (Å²) in [5.41, 5.74) is 1.60. The normalized spacial score (nSPS) is 10.0. The van der Waals surface area contributed by atoms with E-state index in [-0.39, 0.29) is 0 Å². The number of rotatable bonds is 4. The molecule has 6 nitrogen and oxygen atoms in total. The quantitative estimate of drug-likeness (QED) is 0.831. The Bertz CT molecular complexity index is 777. The number of carbonyl (C=O) groups is 2. The van der Waals surface area contributed by atoms with Gasteiger partial charge < -0.3 is 20.1 Å². The van der Waals surface area contributed by atoms with E-state index in [0.29, 0.717) is 27.9 Å². The van der Waals surface area contributed by atoms with Crippen LogP contribution in [0.1, 0.15) is 5.56 Å². The molecule has 2 aromatic carbocycles. The fraction of sp³-hybridized carbons (Fsp3) is 0.176. The van der Waals surface area contributed by atoms with Crippen molar-refractivity contribution in [2.75, 3.05) is 24.9 Å². The molecule has 0 radical (unpaired) electrons. The maximum atomic E-state index is 12.1. The number of halogens is 1. The average molecular weight is 349 g/mol. The van der Waals surface area contributed by atoms with E-state index in [0.717, 1.165) is 5.56 Å². The number of hydrogen-bond donors (Lipinski definition) is 2. The van der Waals surface area contributed by atoms with Gasteiger partial charge in [0.2, 0.25) is 0 Å². The molecule has 2 amide bonds. The second-order valence-electron chi connectivity index (χ2n) is 4.93. The molecule has 2 rings (SSSR count). The van der Waals surface area contributed by atoms with Crippen molar-refractivity contribution in [1.82, 2.24) is 0 Å². The van der Waals surface area contributed by atoms with E-state index < -0.39 is 11.8 Å². The number of methoxy groups -OCH3 is 2. The highest BCUT2D eigenvalue weighted by molar-refractivity contribution is 6.44. The number of aryl methyl sites for hydroxylation is 1. The fourth-order valence-corrected chi connectivity index (χ4v) is 2.26. The van der Waals surface area contributed by atoms with Crippen molar-refractivity contribution in [3.05, 3.63) is 47.0 Å². The van der Waals surface area contributed by atoms with E-state index in [1.807, 2.05) is 0 Å². The molecule has 24 heavy (non-hydrogen) atoms. The van der Waals surface area contributed by atoms with Gasteiger partial charge >= 0.3 is 11.8 Å². The highest BCUT2D eigenvalue weighted by Gasteiger charge is 2.17. The first kappa shape index (κ1) is 17.6. The summed E-state index contributed by atoms with van der Waals surface area (Å²) in [4.78, 5) is 24.2. The molecular formula is C17H17ClN2O4. The predicted molar refractivity (Wildman–Crippen MR) is 93.0 cm³/mol. The van der Waals surface area contributed by atoms with Gasteiger partial charge in [-0.3, -0.25) is 9.59 Å². The maximum Gasteiger partial charge on any atom is 0.314 e. The van der Waals surface area contributed by atoms with E-state index in [1.165, 1.54) is 14.2 Å². The lowest BCUT2D eigenvalue weighted by Crippen LogP contribution is -2.29. The Morgan fingerprint density at radius 1 is 0.917 bits per heavy atom. The van der Waals surface area contributed by atoms with Crippen LogP contribution in [0, 0.1) is 6.92 Å². The fourth-order valence-electron chi connectivity index (χ4n) is 2.04. The summed E-state index contributed by atoms with van der Waals surface area (Å²) in [6.07, 6.45) is 0. The third-order valence-corrected chi connectivity index (χ3v) is 3.53. The minimum atomic E-state index is -0.823. The molecule has 0 aliphatic rings. The lowest BCUT2D eigenvalue weighted by atomic mass is 10.2. The van der Waals surface area contributed by atoms with Crippen LogP contribution in [0.3, 0.4) is 0 Å². The van der Waals surface area contributed by atoms with Crippen LogP contribution in [0.5, 0.6) is 11.5 Å². The number of benzene rings is 2. The van der Waals surface area contributed by atoms with Gasteiger partial charge in [-0.05, 0) is 42.8 Å². The molecule has 0 aromatic heterocycles. The van der Waals surface area contributed by atoms with Crippen molar-refractivity contribution in [1.29, 1.82) is 0 Å². The molecule has 0 bridgehead atoms. The van der Waals surface area contributed by atoms with Crippen molar-refractivity contribution in [3.63, 3.8) is 0 Å². The van der Waals surface area contributed by atoms with Gasteiger partial charge in [0.25, 0.3) is 0 Å². The minimum absolute atomic E-state index is 0.338. The third kappa shape index (κ3) is 4.17. The summed E-state index contributed by atoms with van der Waals surface area (Å²) >= 11 is 5.87. The van der Waals surface area contributed by atoms with Crippen LogP contribution in [0.4, 0.5) is 11.4 Å². The Labute approximate surface area is 144 Å². The first-order valence-electron chi connectivity index (χ1n) is 7.05. The summed E-state index contributed by atoms with van der Waals surface area (Å²) in [6.45, 7) is 1.78. The van der Waals surface area contributed by atoms with Crippen LogP contribution in [-0.4, -0.2) is 26.0 Å². The molecule has 0 saturated carbocycles. The van der Waals surface area contributed by atoms with E-state index in [9.17, 15) is 9.59 Å². The summed E-state index contributed by atoms with van der Waals surface area (Å²) in [7, 11) is 2.97. The van der Waals surface area contributed by atoms with Crippen molar-refractivity contribution < 1.29 is 19.1 Å². The summed E-state index contributed by atoms with van der Waals surface area (Å²) in [6, 6.07) is 9.85. The summed E-state index contributed by atoms with van der Waals surface area (Å²) in [5, 5.41) is 5.60. The van der Waals surface area contributed by atoms with Gasteiger partial charge in [0.15, 0.2) is 0 Å². The Kier molecular flexibility index (Phi) is 5.65. The molecule has 126 valence electrons. The van der Waals surface area contributed by atoms with Crippen molar-refractivity contribution in [2.45, 2.75) is 6.92 Å². The van der Waals surface area contributed by atoms with E-state index in [4.69, 9.17) is 21.1 Å². The van der Waals surface area contributed by atoms with Gasteiger partial charge in [-0.15, -0.1) is 0 Å². The number of hydrogen-bond acceptors (Lipinski definition) is 4. The average Bonchev–Trinajstić information content (AvgIpc) is 2.57. The van der Waals surface area contributed by atoms with Gasteiger partial charge in [-0.1, -0.05) is 11.6 Å². The van der Waals surface area contributed by atoms with Gasteiger partial charge in [0, 0.05) is 16.8 Å². The Balaban J connectivity index is 2.13. The molecule has 0 saturated heterocycles. The van der Waals surface area contributed by atoms with Crippen molar-refractivity contribution >= 4 is 34.8 Å². The zero-order valence-corrected chi connectivity index (χ0v) is 14.2. The zero-order valence-electron chi connectivity index (χ0n) is 13.5. The Morgan fingerprint density at radius 2 is 1.58 bits per heavy atom. The van der Waals surface area contributed by atoms with Crippen molar-refractivity contribution in [2.24, 2.45) is 0 Å². The highest BCUT2D eigenvalue weighted by Crippen LogP contribution is 2.29. The van der Waals surface area contributed by atoms with E-state index >= 15 is 0 Å². The predicted octanol–water partition coefficient (Wildman–Crippen LogP) is 3.24. The molecule has 7 heteroatoms. The SMILES string of the molecule is COc1ccc(OC)c(NC(=O)C(=O)Nc2ccc(Cl)cc2C)c1. The number of nitrogens with one attached hydrogen (secondary N) is 2. The Morgan fingerprint density at radius 3 is 2.17 bits per heavy atom. The molecule has 0 atom stereocenters. The van der Waals surface area contributed by atoms with Crippen LogP contribution >= 0.6 is 11.6 Å². The molecule has 0 fully saturated rings. The molecule has 0 aliphatic heterocycles. The lowest BCUT2D eigenvalue weighted by Gasteiger charge is -2.12. The number of anilines is 2. The first-order chi connectivity index (χ1) is 11.4. The van der Waals surface area contributed by atoms with Crippen LogP contribution in [0.2, 0.25) is 5.02 Å². The lowest BCUT2D eigenvalue weighted by molar-refractivity contribution is -0.133. The monoisotopic (exact) mass is 348 g/mol. The van der Waals surface area contributed by atoms with Crippen molar-refractivity contribution in [3.8, 4) is 11.5 Å². The van der Waals surface area contributed by atoms with Crippen LogP contribution in [0.15, 0.2) is 36.4 Å². The second kappa shape index (κ2) is 7.70. The minimum Gasteiger partial charge on any atom is -0.497 e. The third-order valence-electron chi connectivity index (χ3n) is 3.30. The topological polar surface area (TPSA) is 76.7 Å². The molecule has 2 N–H and O–H groups in total. The highest BCUT2D eigenvalue weighted by atomic mass is 35.5. The number of ether oxygens (including phenoxy) is 2. The molecule has 0 unspecified atom stereocenters. The van der Waals surface area contributed by atoms with Gasteiger partial charge in [-0.2, -0.15) is 0 Å². The number of carbonyl (C=O) groups excluding carboxylic acids is 2. The van der Waals surface area contributed by atoms with E-state index in [2.05, 4.69) is 10.6 Å². The molecule has 2 aromatic rings. The Hall–Kier alpha value is -2.73. The summed E-state index contributed by atoms with van der Waals surface area (Å²) < 4.78 is 10.3. The van der Waals surface area contributed by atoms with Crippen LogP contribution in [-0.2, 0) is 9.59 Å². The van der Waals surface area contributed by atoms with Gasteiger partial charge in [0.05, 0.1) is 19.9 Å².